The minimum atomic E-state index is -0.793. The molecule has 1 fully saturated rings. The second-order valence-corrected chi connectivity index (χ2v) is 10.1. The fourth-order valence-corrected chi connectivity index (χ4v) is 5.49. The van der Waals surface area contributed by atoms with E-state index in [1.165, 1.54) is 11.3 Å². The van der Waals surface area contributed by atoms with E-state index in [1.54, 1.807) is 4.90 Å². The number of nitrogens with one attached hydrogen (secondary N) is 1. The maximum atomic E-state index is 14.0. The van der Waals surface area contributed by atoms with Gasteiger partial charge in [0.15, 0.2) is 0 Å². The third kappa shape index (κ3) is 5.86. The number of ether oxygens (including phenoxy) is 1. The fourth-order valence-electron chi connectivity index (χ4n) is 4.55. The molecule has 1 aromatic heterocycles. The van der Waals surface area contributed by atoms with E-state index >= 15 is 0 Å². The van der Waals surface area contributed by atoms with Crippen LogP contribution < -0.4 is 15.0 Å². The lowest BCUT2D eigenvalue weighted by atomic mass is 10.1. The summed E-state index contributed by atoms with van der Waals surface area (Å²) in [4.78, 5) is 31.5. The molecule has 0 spiro atoms. The molecule has 1 saturated heterocycles. The molecular formula is C27H30ClN3O3S. The van der Waals surface area contributed by atoms with Gasteiger partial charge in [-0.1, -0.05) is 24.3 Å². The topological polar surface area (TPSA) is 61.9 Å². The highest BCUT2D eigenvalue weighted by atomic mass is 35.5. The standard InChI is InChI=1S/C27H30ClN3O3S/c1-18-14-22(34-21-8-5-4-6-9-21)11-12-23(18)31(25(32)15-28)26(24-10-7-13-35-24)27(33)30-16-19(2)29-20(3)17-30/h4-14,19-20,26,29H,15-17H2,1-3H3/t19-,20+,26?. The van der Waals surface area contributed by atoms with Crippen molar-refractivity contribution in [2.45, 2.75) is 38.9 Å². The van der Waals surface area contributed by atoms with Gasteiger partial charge in [-0.25, -0.2) is 0 Å². The molecule has 0 saturated carbocycles. The number of amides is 2. The number of piperazine rings is 1. The number of nitrogens with zero attached hydrogens (tertiary/aromatic N) is 2. The van der Waals surface area contributed by atoms with E-state index < -0.39 is 6.04 Å². The smallest absolute Gasteiger partial charge is 0.251 e. The van der Waals surface area contributed by atoms with Gasteiger partial charge in [0.1, 0.15) is 23.4 Å². The molecule has 3 atom stereocenters. The maximum absolute atomic E-state index is 14.0. The monoisotopic (exact) mass is 511 g/mol. The van der Waals surface area contributed by atoms with Crippen molar-refractivity contribution >= 4 is 40.4 Å². The number of aryl methyl sites for hydroxylation is 1. The van der Waals surface area contributed by atoms with Crippen molar-refractivity contribution in [2.75, 3.05) is 23.9 Å². The van der Waals surface area contributed by atoms with Gasteiger partial charge in [-0.05, 0) is 68.1 Å². The van der Waals surface area contributed by atoms with E-state index in [1.807, 2.05) is 77.9 Å². The van der Waals surface area contributed by atoms with Gasteiger partial charge in [0.05, 0.1) is 0 Å². The molecule has 1 unspecified atom stereocenters. The third-order valence-electron chi connectivity index (χ3n) is 5.96. The minimum absolute atomic E-state index is 0.102. The Bertz CT molecular complexity index is 1150. The quantitative estimate of drug-likeness (QED) is 0.433. The zero-order valence-corrected chi connectivity index (χ0v) is 21.7. The van der Waals surface area contributed by atoms with Crippen LogP contribution in [0.1, 0.15) is 30.3 Å². The highest BCUT2D eigenvalue weighted by Crippen LogP contribution is 2.36. The Labute approximate surface area is 215 Å². The van der Waals surface area contributed by atoms with E-state index in [0.717, 1.165) is 16.2 Å². The molecule has 6 nitrogen and oxygen atoms in total. The Morgan fingerprint density at radius 1 is 1.09 bits per heavy atom. The van der Waals surface area contributed by atoms with Gasteiger partial charge in [-0.3, -0.25) is 14.5 Å². The molecule has 4 rings (SSSR count). The van der Waals surface area contributed by atoms with Gasteiger partial charge in [-0.15, -0.1) is 22.9 Å². The first-order chi connectivity index (χ1) is 16.9. The van der Waals surface area contributed by atoms with Gasteiger partial charge in [0.2, 0.25) is 5.91 Å². The summed E-state index contributed by atoms with van der Waals surface area (Å²) in [6, 6.07) is 18.4. The SMILES string of the molecule is Cc1cc(Oc2ccccc2)ccc1N(C(=O)CCl)C(C(=O)N1C[C@@H](C)N[C@@H](C)C1)c1cccs1. The molecule has 1 N–H and O–H groups in total. The van der Waals surface area contributed by atoms with Crippen LogP contribution in [0.4, 0.5) is 5.69 Å². The molecule has 3 aromatic rings. The van der Waals surface area contributed by atoms with Gasteiger partial charge in [-0.2, -0.15) is 0 Å². The zero-order chi connectivity index (χ0) is 24.9. The van der Waals surface area contributed by atoms with Gasteiger partial charge in [0, 0.05) is 35.7 Å². The largest absolute Gasteiger partial charge is 0.457 e. The van der Waals surface area contributed by atoms with Crippen LogP contribution in [0.25, 0.3) is 0 Å². The maximum Gasteiger partial charge on any atom is 0.251 e. The molecule has 1 aliphatic rings. The number of anilines is 1. The number of halogens is 1. The lowest BCUT2D eigenvalue weighted by Gasteiger charge is -2.40. The molecule has 2 aromatic carbocycles. The summed E-state index contributed by atoms with van der Waals surface area (Å²) in [5, 5.41) is 5.38. The predicted molar refractivity (Wildman–Crippen MR) is 142 cm³/mol. The lowest BCUT2D eigenvalue weighted by molar-refractivity contribution is -0.136. The van der Waals surface area contributed by atoms with Crippen molar-refractivity contribution in [1.29, 1.82) is 0 Å². The van der Waals surface area contributed by atoms with Gasteiger partial charge < -0.3 is 15.0 Å². The highest BCUT2D eigenvalue weighted by Gasteiger charge is 2.38. The number of hydrogen-bond acceptors (Lipinski definition) is 5. The first-order valence-electron chi connectivity index (χ1n) is 11.7. The average molecular weight is 512 g/mol. The molecule has 2 amide bonds. The normalized spacial score (nSPS) is 18.7. The molecule has 184 valence electrons. The zero-order valence-electron chi connectivity index (χ0n) is 20.1. The molecule has 35 heavy (non-hydrogen) atoms. The van der Waals surface area contributed by atoms with E-state index in [2.05, 4.69) is 19.2 Å². The predicted octanol–water partition coefficient (Wildman–Crippen LogP) is 5.37. The molecule has 1 aliphatic heterocycles. The molecule has 0 aliphatic carbocycles. The molecule has 0 bridgehead atoms. The summed E-state index contributed by atoms with van der Waals surface area (Å²) in [6.07, 6.45) is 0. The number of thiophene rings is 1. The molecular weight excluding hydrogens is 482 g/mol. The summed E-state index contributed by atoms with van der Waals surface area (Å²) >= 11 is 7.54. The summed E-state index contributed by atoms with van der Waals surface area (Å²) in [6.45, 7) is 7.20. The Balaban J connectivity index is 1.71. The van der Waals surface area contributed by atoms with Crippen molar-refractivity contribution in [1.82, 2.24) is 10.2 Å². The van der Waals surface area contributed by atoms with Crippen LogP contribution in [-0.4, -0.2) is 47.8 Å². The average Bonchev–Trinajstić information content (AvgIpc) is 3.37. The van der Waals surface area contributed by atoms with Crippen LogP contribution in [0.15, 0.2) is 66.0 Å². The summed E-state index contributed by atoms with van der Waals surface area (Å²) < 4.78 is 5.97. The van der Waals surface area contributed by atoms with E-state index in [4.69, 9.17) is 16.3 Å². The van der Waals surface area contributed by atoms with Crippen LogP contribution >= 0.6 is 22.9 Å². The third-order valence-corrected chi connectivity index (χ3v) is 7.12. The van der Waals surface area contributed by atoms with E-state index in [0.29, 0.717) is 24.5 Å². The highest BCUT2D eigenvalue weighted by molar-refractivity contribution is 7.10. The number of benzene rings is 2. The Morgan fingerprint density at radius 3 is 2.40 bits per heavy atom. The number of carbonyl (C=O) groups is 2. The first-order valence-corrected chi connectivity index (χ1v) is 13.1. The van der Waals surface area contributed by atoms with Crippen molar-refractivity contribution in [3.05, 3.63) is 76.5 Å². The number of para-hydroxylation sites is 1. The van der Waals surface area contributed by atoms with Crippen molar-refractivity contribution in [2.24, 2.45) is 0 Å². The van der Waals surface area contributed by atoms with Crippen LogP contribution in [0, 0.1) is 6.92 Å². The van der Waals surface area contributed by atoms with Gasteiger partial charge >= 0.3 is 0 Å². The van der Waals surface area contributed by atoms with Crippen molar-refractivity contribution in [3.63, 3.8) is 0 Å². The molecule has 8 heteroatoms. The second kappa shape index (κ2) is 11.2. The van der Waals surface area contributed by atoms with Crippen LogP contribution in [-0.2, 0) is 9.59 Å². The van der Waals surface area contributed by atoms with Crippen molar-refractivity contribution < 1.29 is 14.3 Å². The molecule has 2 heterocycles. The minimum Gasteiger partial charge on any atom is -0.457 e. The summed E-state index contributed by atoms with van der Waals surface area (Å²) in [5.41, 5.74) is 1.45. The van der Waals surface area contributed by atoms with Crippen molar-refractivity contribution in [3.8, 4) is 11.5 Å². The van der Waals surface area contributed by atoms with E-state index in [9.17, 15) is 9.59 Å². The number of carbonyl (C=O) groups excluding carboxylic acids is 2. The number of hydrogen-bond donors (Lipinski definition) is 1. The Hall–Kier alpha value is -2.87. The van der Waals surface area contributed by atoms with Crippen LogP contribution in [0.3, 0.4) is 0 Å². The Kier molecular flexibility index (Phi) is 8.11. The second-order valence-electron chi connectivity index (χ2n) is 8.89. The Morgan fingerprint density at radius 2 is 1.80 bits per heavy atom. The lowest BCUT2D eigenvalue weighted by Crippen LogP contribution is -2.58. The molecule has 0 radical (unpaired) electrons. The van der Waals surface area contributed by atoms with E-state index in [-0.39, 0.29) is 29.8 Å². The number of rotatable bonds is 7. The summed E-state index contributed by atoms with van der Waals surface area (Å²) in [5.74, 6) is 0.719. The number of alkyl halides is 1. The van der Waals surface area contributed by atoms with Crippen LogP contribution in [0.5, 0.6) is 11.5 Å². The van der Waals surface area contributed by atoms with Gasteiger partial charge in [0.25, 0.3) is 5.91 Å². The fraction of sp³-hybridized carbons (Fsp3) is 0.333. The first kappa shape index (κ1) is 25.2. The summed E-state index contributed by atoms with van der Waals surface area (Å²) in [7, 11) is 0. The van der Waals surface area contributed by atoms with Crippen LogP contribution in [0.2, 0.25) is 0 Å².